The maximum atomic E-state index is 12.4. The van der Waals surface area contributed by atoms with Crippen molar-refractivity contribution in [3.05, 3.63) is 64.8 Å². The van der Waals surface area contributed by atoms with Crippen molar-refractivity contribution in [1.82, 2.24) is 10.3 Å². The van der Waals surface area contributed by atoms with E-state index in [0.717, 1.165) is 52.8 Å². The third-order valence-electron chi connectivity index (χ3n) is 5.89. The summed E-state index contributed by atoms with van der Waals surface area (Å²) in [6, 6.07) is 13.2. The van der Waals surface area contributed by atoms with E-state index in [0.29, 0.717) is 12.1 Å². The van der Waals surface area contributed by atoms with Gasteiger partial charge in [0.25, 0.3) is 11.8 Å². The minimum absolute atomic E-state index is 0.0116. The van der Waals surface area contributed by atoms with Crippen molar-refractivity contribution in [3.8, 4) is 11.8 Å². The van der Waals surface area contributed by atoms with Crippen molar-refractivity contribution in [1.29, 1.82) is 0 Å². The first-order valence-electron chi connectivity index (χ1n) is 10.5. The Morgan fingerprint density at radius 2 is 1.94 bits per heavy atom. The van der Waals surface area contributed by atoms with Crippen LogP contribution in [-0.4, -0.2) is 35.9 Å². The van der Waals surface area contributed by atoms with Gasteiger partial charge in [0, 0.05) is 47.4 Å². The predicted molar refractivity (Wildman–Crippen MR) is 123 cm³/mol. The number of H-pyrrole nitrogens is 1. The normalized spacial score (nSPS) is 15.9. The van der Waals surface area contributed by atoms with Crippen LogP contribution in [0.5, 0.6) is 0 Å². The lowest BCUT2D eigenvalue weighted by atomic mass is 10.0. The summed E-state index contributed by atoms with van der Waals surface area (Å²) in [5.74, 6) is 4.88. The summed E-state index contributed by atoms with van der Waals surface area (Å²) in [4.78, 5) is 29.8. The lowest BCUT2D eigenvalue weighted by Crippen LogP contribution is -2.47. The van der Waals surface area contributed by atoms with Gasteiger partial charge in [-0.15, -0.1) is 0 Å². The Balaban J connectivity index is 1.55. The van der Waals surface area contributed by atoms with E-state index in [1.165, 1.54) is 0 Å². The quantitative estimate of drug-likeness (QED) is 0.576. The second kappa shape index (κ2) is 8.57. The molecule has 0 radical (unpaired) electrons. The molecule has 31 heavy (non-hydrogen) atoms. The minimum atomic E-state index is -0.446. The Kier molecular flexibility index (Phi) is 5.68. The van der Waals surface area contributed by atoms with Gasteiger partial charge in [0.1, 0.15) is 0 Å². The minimum Gasteiger partial charge on any atom is -0.369 e. The molecule has 1 aliphatic rings. The van der Waals surface area contributed by atoms with Crippen molar-refractivity contribution in [2.45, 2.75) is 32.7 Å². The molecule has 1 atom stereocenters. The molecule has 6 heteroatoms. The third-order valence-corrected chi connectivity index (χ3v) is 5.89. The molecule has 158 valence electrons. The molecular formula is C25H26N4O2. The van der Waals surface area contributed by atoms with E-state index >= 15 is 0 Å². The van der Waals surface area contributed by atoms with Gasteiger partial charge in [-0.25, -0.2) is 0 Å². The van der Waals surface area contributed by atoms with Crippen molar-refractivity contribution < 1.29 is 9.59 Å². The first-order valence-corrected chi connectivity index (χ1v) is 10.5. The number of amides is 2. The SMILES string of the molecule is Cc1[nH]c2c(C(N)=O)ccc(N3CCCC(NC(=O)C#Cc4ccccc4)C3)c2c1C. The molecule has 6 nitrogen and oxygen atoms in total. The fraction of sp³-hybridized carbons (Fsp3) is 0.280. The van der Waals surface area contributed by atoms with Gasteiger partial charge in [-0.2, -0.15) is 0 Å². The van der Waals surface area contributed by atoms with Gasteiger partial charge in [0.15, 0.2) is 0 Å². The summed E-state index contributed by atoms with van der Waals surface area (Å²) in [5, 5.41) is 4.07. The Morgan fingerprint density at radius 3 is 2.68 bits per heavy atom. The van der Waals surface area contributed by atoms with E-state index in [1.807, 2.05) is 50.2 Å². The number of hydrogen-bond acceptors (Lipinski definition) is 3. The largest absolute Gasteiger partial charge is 0.369 e. The molecule has 1 aromatic heterocycles. The molecule has 2 amide bonds. The zero-order valence-corrected chi connectivity index (χ0v) is 17.8. The van der Waals surface area contributed by atoms with Gasteiger partial charge in [0.2, 0.25) is 0 Å². The average Bonchev–Trinajstić information content (AvgIpc) is 3.07. The maximum Gasteiger partial charge on any atom is 0.296 e. The van der Waals surface area contributed by atoms with Crippen LogP contribution in [0.3, 0.4) is 0 Å². The summed E-state index contributed by atoms with van der Waals surface area (Å²) in [5.41, 5.74) is 10.8. The number of aryl methyl sites for hydroxylation is 2. The number of nitrogens with one attached hydrogen (secondary N) is 2. The van der Waals surface area contributed by atoms with Crippen LogP contribution >= 0.6 is 0 Å². The number of piperidine rings is 1. The molecule has 4 N–H and O–H groups in total. The Bertz CT molecular complexity index is 1200. The summed E-state index contributed by atoms with van der Waals surface area (Å²) < 4.78 is 0. The van der Waals surface area contributed by atoms with Crippen molar-refractivity contribution in [2.75, 3.05) is 18.0 Å². The molecule has 0 bridgehead atoms. The summed E-state index contributed by atoms with van der Waals surface area (Å²) in [7, 11) is 0. The number of fused-ring (bicyclic) bond motifs is 1. The average molecular weight is 415 g/mol. The number of rotatable bonds is 3. The van der Waals surface area contributed by atoms with E-state index in [-0.39, 0.29) is 11.9 Å². The molecule has 1 saturated heterocycles. The van der Waals surface area contributed by atoms with Crippen LogP contribution in [0.25, 0.3) is 10.9 Å². The van der Waals surface area contributed by atoms with E-state index in [1.54, 1.807) is 6.07 Å². The van der Waals surface area contributed by atoms with E-state index in [9.17, 15) is 9.59 Å². The van der Waals surface area contributed by atoms with E-state index in [4.69, 9.17) is 5.73 Å². The van der Waals surface area contributed by atoms with E-state index < -0.39 is 5.91 Å². The van der Waals surface area contributed by atoms with Crippen LogP contribution in [0.15, 0.2) is 42.5 Å². The number of hydrogen-bond donors (Lipinski definition) is 3. The number of benzene rings is 2. The standard InChI is InChI=1S/C25H26N4O2/c1-16-17(2)27-24-20(25(26)31)11-12-21(23(16)24)29-14-6-9-19(15-29)28-22(30)13-10-18-7-4-3-5-8-18/h3-5,7-8,11-12,19,27H,6,9,14-15H2,1-2H3,(H2,26,31)(H,28,30). The van der Waals surface area contributed by atoms with Crippen molar-refractivity contribution in [3.63, 3.8) is 0 Å². The Hall–Kier alpha value is -3.72. The molecule has 0 saturated carbocycles. The topological polar surface area (TPSA) is 91.2 Å². The molecule has 2 aromatic carbocycles. The smallest absolute Gasteiger partial charge is 0.296 e. The Labute approximate surface area is 181 Å². The second-order valence-electron chi connectivity index (χ2n) is 8.00. The molecule has 4 rings (SSSR count). The van der Waals surface area contributed by atoms with Crippen LogP contribution in [0.4, 0.5) is 5.69 Å². The number of nitrogens with two attached hydrogens (primary N) is 1. The molecule has 0 spiro atoms. The highest BCUT2D eigenvalue weighted by Crippen LogP contribution is 2.35. The van der Waals surface area contributed by atoms with Gasteiger partial charge >= 0.3 is 0 Å². The second-order valence-corrected chi connectivity index (χ2v) is 8.00. The molecule has 1 unspecified atom stereocenters. The van der Waals surface area contributed by atoms with Crippen LogP contribution in [-0.2, 0) is 4.79 Å². The summed E-state index contributed by atoms with van der Waals surface area (Å²) >= 11 is 0. The highest BCUT2D eigenvalue weighted by atomic mass is 16.1. The lowest BCUT2D eigenvalue weighted by molar-refractivity contribution is -0.116. The number of nitrogens with zero attached hydrogens (tertiary/aromatic N) is 1. The maximum absolute atomic E-state index is 12.4. The third kappa shape index (κ3) is 4.26. The Morgan fingerprint density at radius 1 is 1.16 bits per heavy atom. The van der Waals surface area contributed by atoms with Gasteiger partial charge in [0.05, 0.1) is 11.1 Å². The zero-order chi connectivity index (χ0) is 22.0. The molecule has 1 fully saturated rings. The monoisotopic (exact) mass is 414 g/mol. The predicted octanol–water partition coefficient (Wildman–Crippen LogP) is 3.02. The molecular weight excluding hydrogens is 388 g/mol. The number of carbonyl (C=O) groups excluding carboxylic acids is 2. The lowest BCUT2D eigenvalue weighted by Gasteiger charge is -2.35. The van der Waals surface area contributed by atoms with Crippen molar-refractivity contribution >= 4 is 28.4 Å². The van der Waals surface area contributed by atoms with Gasteiger partial charge in [-0.05, 0) is 56.5 Å². The molecule has 0 aliphatic carbocycles. The summed E-state index contributed by atoms with van der Waals surface area (Å²) in [6.45, 7) is 5.61. The number of carbonyl (C=O) groups is 2. The van der Waals surface area contributed by atoms with Gasteiger partial charge < -0.3 is 20.9 Å². The summed E-state index contributed by atoms with van der Waals surface area (Å²) in [6.07, 6.45) is 1.86. The van der Waals surface area contributed by atoms with E-state index in [2.05, 4.69) is 27.0 Å². The first kappa shape index (κ1) is 20.5. The fourth-order valence-corrected chi connectivity index (χ4v) is 4.22. The van der Waals surface area contributed by atoms with Crippen LogP contribution in [0.1, 0.15) is 40.0 Å². The number of aromatic amines is 1. The fourth-order valence-electron chi connectivity index (χ4n) is 4.22. The zero-order valence-electron chi connectivity index (χ0n) is 17.8. The van der Waals surface area contributed by atoms with Crippen LogP contribution in [0.2, 0.25) is 0 Å². The number of primary amides is 1. The highest BCUT2D eigenvalue weighted by molar-refractivity contribution is 6.10. The van der Waals surface area contributed by atoms with Crippen molar-refractivity contribution in [2.24, 2.45) is 5.73 Å². The van der Waals surface area contributed by atoms with Crippen LogP contribution in [0, 0.1) is 25.7 Å². The number of anilines is 1. The van der Waals surface area contributed by atoms with Crippen LogP contribution < -0.4 is 16.0 Å². The van der Waals surface area contributed by atoms with Gasteiger partial charge in [-0.1, -0.05) is 24.1 Å². The number of aromatic nitrogens is 1. The highest BCUT2D eigenvalue weighted by Gasteiger charge is 2.25. The first-order chi connectivity index (χ1) is 14.9. The van der Waals surface area contributed by atoms with Gasteiger partial charge in [-0.3, -0.25) is 9.59 Å². The molecule has 2 heterocycles. The molecule has 1 aliphatic heterocycles. The molecule has 3 aromatic rings.